The van der Waals surface area contributed by atoms with E-state index >= 15 is 0 Å². The number of carbonyl (C=O) groups excluding carboxylic acids is 2. The van der Waals surface area contributed by atoms with Crippen molar-refractivity contribution in [1.82, 2.24) is 0 Å². The van der Waals surface area contributed by atoms with Crippen LogP contribution in [0.25, 0.3) is 0 Å². The van der Waals surface area contributed by atoms with Crippen LogP contribution in [-0.4, -0.2) is 17.9 Å². The van der Waals surface area contributed by atoms with Crippen LogP contribution < -0.4 is 0 Å². The molecule has 0 aliphatic heterocycles. The van der Waals surface area contributed by atoms with Gasteiger partial charge in [-0.2, -0.15) is 0 Å². The zero-order chi connectivity index (χ0) is 26.0. The van der Waals surface area contributed by atoms with E-state index in [9.17, 15) is 9.59 Å². The predicted octanol–water partition coefficient (Wildman–Crippen LogP) is 8.24. The van der Waals surface area contributed by atoms with Crippen LogP contribution >= 0.6 is 0 Å². The maximum Gasteiger partial charge on any atom is 0.302 e. The average Bonchev–Trinajstić information content (AvgIpc) is 3.05. The van der Waals surface area contributed by atoms with E-state index in [-0.39, 0.29) is 23.4 Å². The zero-order valence-electron chi connectivity index (χ0n) is 24.3. The Balaban J connectivity index is 1.54. The summed E-state index contributed by atoms with van der Waals surface area (Å²) in [6.45, 7) is 20.8. The second kappa shape index (κ2) is 9.16. The number of esters is 1. The second-order valence-corrected chi connectivity index (χ2v) is 15.0. The fourth-order valence-electron chi connectivity index (χ4n) is 10.7. The van der Waals surface area contributed by atoms with Gasteiger partial charge >= 0.3 is 5.97 Å². The SMILES string of the molecule is CC(=O)OC1CC[C@]2(C)[C@H]3CC[C@]4(C)[C@@H]([C@H](C)CCC(=O)C(C)C)CC[C@@]4(C)[C@@H]3CC[C@H]2C1(C)C. The van der Waals surface area contributed by atoms with Crippen molar-refractivity contribution in [2.45, 2.75) is 133 Å². The van der Waals surface area contributed by atoms with Gasteiger partial charge in [0.15, 0.2) is 0 Å². The quantitative estimate of drug-likeness (QED) is 0.355. The smallest absolute Gasteiger partial charge is 0.302 e. The number of ether oxygens (including phenoxy) is 1. The summed E-state index contributed by atoms with van der Waals surface area (Å²) in [6.07, 6.45) is 12.1. The van der Waals surface area contributed by atoms with Crippen LogP contribution in [0.1, 0.15) is 127 Å². The molecule has 0 saturated heterocycles. The minimum Gasteiger partial charge on any atom is -0.462 e. The highest BCUT2D eigenvalue weighted by atomic mass is 16.5. The highest BCUT2D eigenvalue weighted by Crippen LogP contribution is 2.74. The molecule has 0 radical (unpaired) electrons. The van der Waals surface area contributed by atoms with E-state index in [1.807, 2.05) is 13.8 Å². The van der Waals surface area contributed by atoms with Crippen LogP contribution in [0.4, 0.5) is 0 Å². The molecule has 0 heterocycles. The normalized spacial score (nSPS) is 45.3. The van der Waals surface area contributed by atoms with E-state index < -0.39 is 0 Å². The molecule has 9 atom stereocenters. The van der Waals surface area contributed by atoms with E-state index in [0.717, 1.165) is 37.0 Å². The summed E-state index contributed by atoms with van der Waals surface area (Å²) in [5, 5.41) is 0. The van der Waals surface area contributed by atoms with Gasteiger partial charge < -0.3 is 4.74 Å². The summed E-state index contributed by atoms with van der Waals surface area (Å²) in [5.74, 6) is 4.07. The van der Waals surface area contributed by atoms with Crippen molar-refractivity contribution in [3.63, 3.8) is 0 Å². The summed E-state index contributed by atoms with van der Waals surface area (Å²) in [5.41, 5.74) is 1.19. The highest BCUT2D eigenvalue weighted by molar-refractivity contribution is 5.80. The number of Topliss-reactive ketones (excluding diaryl/α,β-unsaturated/α-hetero) is 1. The maximum absolute atomic E-state index is 12.4. The maximum atomic E-state index is 12.4. The number of ketones is 1. The summed E-state index contributed by atoms with van der Waals surface area (Å²) in [6, 6.07) is 0. The van der Waals surface area contributed by atoms with E-state index in [4.69, 9.17) is 4.74 Å². The van der Waals surface area contributed by atoms with Crippen LogP contribution in [0.3, 0.4) is 0 Å². The van der Waals surface area contributed by atoms with Gasteiger partial charge in [0.1, 0.15) is 11.9 Å². The molecule has 200 valence electrons. The Kier molecular flexibility index (Phi) is 7.11. The predicted molar refractivity (Wildman–Crippen MR) is 143 cm³/mol. The average molecular weight is 487 g/mol. The molecule has 4 aliphatic carbocycles. The summed E-state index contributed by atoms with van der Waals surface area (Å²) in [4.78, 5) is 24.2. The van der Waals surface area contributed by atoms with Gasteiger partial charge in [0.2, 0.25) is 0 Å². The molecule has 0 spiro atoms. The summed E-state index contributed by atoms with van der Waals surface area (Å²) < 4.78 is 5.87. The monoisotopic (exact) mass is 486 g/mol. The molecule has 0 aromatic heterocycles. The Morgan fingerprint density at radius 1 is 0.829 bits per heavy atom. The van der Waals surface area contributed by atoms with Crippen molar-refractivity contribution in [2.75, 3.05) is 0 Å². The molecule has 3 nitrogen and oxygen atoms in total. The van der Waals surface area contributed by atoms with E-state index in [1.54, 1.807) is 6.92 Å². The van der Waals surface area contributed by atoms with Gasteiger partial charge in [-0.05, 0) is 104 Å². The molecule has 0 amide bonds. The standard InChI is InChI=1S/C32H54O3/c1-20(2)26(34)12-10-21(3)23-14-18-32(9)25-11-13-27-29(5,6)28(35-22(4)33)16-17-30(27,7)24(25)15-19-31(23,32)8/h20-21,23-25,27-28H,10-19H2,1-9H3/t21-,23-,24+,25-,27+,28?,30-,31-,32+/m1/s1. The van der Waals surface area contributed by atoms with E-state index in [0.29, 0.717) is 33.9 Å². The number of fused-ring (bicyclic) bond motifs is 5. The Hall–Kier alpha value is -0.860. The fourth-order valence-corrected chi connectivity index (χ4v) is 10.7. The summed E-state index contributed by atoms with van der Waals surface area (Å²) >= 11 is 0. The van der Waals surface area contributed by atoms with Crippen molar-refractivity contribution in [1.29, 1.82) is 0 Å². The lowest BCUT2D eigenvalue weighted by atomic mass is 9.38. The molecule has 0 bridgehead atoms. The molecular weight excluding hydrogens is 432 g/mol. The number of hydrogen-bond donors (Lipinski definition) is 0. The molecule has 0 N–H and O–H groups in total. The van der Waals surface area contributed by atoms with E-state index in [1.165, 1.54) is 44.9 Å². The van der Waals surface area contributed by atoms with Crippen LogP contribution in [0.5, 0.6) is 0 Å². The Morgan fingerprint density at radius 3 is 2.11 bits per heavy atom. The third-order valence-electron chi connectivity index (χ3n) is 12.9. The third kappa shape index (κ3) is 4.14. The minimum absolute atomic E-state index is 0.0426. The van der Waals surface area contributed by atoms with Gasteiger partial charge in [0, 0.05) is 24.7 Å². The van der Waals surface area contributed by atoms with Crippen LogP contribution in [0, 0.1) is 57.2 Å². The molecule has 4 fully saturated rings. The lowest BCUT2D eigenvalue weighted by Gasteiger charge is -2.67. The zero-order valence-corrected chi connectivity index (χ0v) is 24.3. The molecule has 1 unspecified atom stereocenters. The first-order chi connectivity index (χ1) is 16.2. The van der Waals surface area contributed by atoms with Gasteiger partial charge in [-0.25, -0.2) is 0 Å². The van der Waals surface area contributed by atoms with Crippen LogP contribution in [0.2, 0.25) is 0 Å². The van der Waals surface area contributed by atoms with Gasteiger partial charge in [-0.3, -0.25) is 9.59 Å². The molecule has 4 rings (SSSR count). The van der Waals surface area contributed by atoms with Crippen molar-refractivity contribution in [3.05, 3.63) is 0 Å². The van der Waals surface area contributed by atoms with Crippen molar-refractivity contribution >= 4 is 11.8 Å². The van der Waals surface area contributed by atoms with Gasteiger partial charge in [-0.15, -0.1) is 0 Å². The van der Waals surface area contributed by atoms with Gasteiger partial charge in [-0.1, -0.05) is 55.4 Å². The fraction of sp³-hybridized carbons (Fsp3) is 0.938. The van der Waals surface area contributed by atoms with Gasteiger partial charge in [0.05, 0.1) is 0 Å². The van der Waals surface area contributed by atoms with E-state index in [2.05, 4.69) is 41.5 Å². The Labute approximate surface area is 215 Å². The Bertz CT molecular complexity index is 829. The van der Waals surface area contributed by atoms with Crippen molar-refractivity contribution in [3.8, 4) is 0 Å². The third-order valence-corrected chi connectivity index (χ3v) is 12.9. The number of hydrogen-bond acceptors (Lipinski definition) is 3. The topological polar surface area (TPSA) is 43.4 Å². The largest absolute Gasteiger partial charge is 0.462 e. The van der Waals surface area contributed by atoms with Crippen molar-refractivity contribution < 1.29 is 14.3 Å². The minimum atomic E-state index is -0.123. The van der Waals surface area contributed by atoms with Crippen LogP contribution in [-0.2, 0) is 14.3 Å². The summed E-state index contributed by atoms with van der Waals surface area (Å²) in [7, 11) is 0. The Morgan fingerprint density at radius 2 is 1.49 bits per heavy atom. The lowest BCUT2D eigenvalue weighted by Crippen LogP contribution is -2.62. The lowest BCUT2D eigenvalue weighted by molar-refractivity contribution is -0.209. The number of carbonyl (C=O) groups is 2. The molecule has 3 heteroatoms. The molecule has 4 saturated carbocycles. The number of rotatable bonds is 6. The first-order valence-corrected chi connectivity index (χ1v) is 14.9. The van der Waals surface area contributed by atoms with Crippen molar-refractivity contribution in [2.24, 2.45) is 57.2 Å². The molecule has 4 aliphatic rings. The molecule has 35 heavy (non-hydrogen) atoms. The molecular formula is C32H54O3. The first kappa shape index (κ1) is 27.2. The second-order valence-electron chi connectivity index (χ2n) is 15.0. The first-order valence-electron chi connectivity index (χ1n) is 14.9. The van der Waals surface area contributed by atoms with Gasteiger partial charge in [0.25, 0.3) is 0 Å². The molecule has 0 aromatic rings. The van der Waals surface area contributed by atoms with Crippen LogP contribution in [0.15, 0.2) is 0 Å². The highest BCUT2D eigenvalue weighted by Gasteiger charge is 2.67. The molecule has 0 aromatic carbocycles.